The molecule has 0 bridgehead atoms. The van der Waals surface area contributed by atoms with Crippen molar-refractivity contribution < 1.29 is 4.79 Å². The van der Waals surface area contributed by atoms with E-state index >= 15 is 0 Å². The third kappa shape index (κ3) is 1.92. The molecule has 1 aliphatic rings. The van der Waals surface area contributed by atoms with Gasteiger partial charge in [0.2, 0.25) is 0 Å². The molecule has 0 spiro atoms. The predicted molar refractivity (Wildman–Crippen MR) is 55.0 cm³/mol. The molecule has 2 rings (SSSR count). The lowest BCUT2D eigenvalue weighted by atomic mass is 9.90. The molecule has 1 aliphatic carbocycles. The summed E-state index contributed by atoms with van der Waals surface area (Å²) in [4.78, 5) is 16.0. The van der Waals surface area contributed by atoms with E-state index in [0.29, 0.717) is 11.7 Å². The molecule has 1 heterocycles. The number of rotatable bonds is 4. The lowest BCUT2D eigenvalue weighted by Crippen LogP contribution is -2.48. The van der Waals surface area contributed by atoms with E-state index in [4.69, 9.17) is 5.73 Å². The van der Waals surface area contributed by atoms with Gasteiger partial charge in [-0.15, -0.1) is 0 Å². The summed E-state index contributed by atoms with van der Waals surface area (Å²) in [6, 6.07) is 0. The Labute approximate surface area is 88.7 Å². The maximum atomic E-state index is 12.0. The first-order valence-electron chi connectivity index (χ1n) is 5.17. The highest BCUT2D eigenvalue weighted by atomic mass is 16.1. The molecule has 5 nitrogen and oxygen atoms in total. The van der Waals surface area contributed by atoms with Crippen LogP contribution in [-0.4, -0.2) is 26.1 Å². The summed E-state index contributed by atoms with van der Waals surface area (Å²) in [7, 11) is 1.78. The first kappa shape index (κ1) is 10.3. The van der Waals surface area contributed by atoms with Gasteiger partial charge in [-0.05, 0) is 25.7 Å². The molecule has 0 radical (unpaired) electrons. The van der Waals surface area contributed by atoms with Gasteiger partial charge in [0.25, 0.3) is 0 Å². The third-order valence-corrected chi connectivity index (χ3v) is 3.15. The van der Waals surface area contributed by atoms with E-state index in [2.05, 4.69) is 10.1 Å². The van der Waals surface area contributed by atoms with Crippen LogP contribution in [-0.2, 0) is 18.3 Å². The van der Waals surface area contributed by atoms with Crippen LogP contribution in [0, 0.1) is 5.92 Å². The number of carbonyl (C=O) groups excluding carboxylic acids is 1. The summed E-state index contributed by atoms with van der Waals surface area (Å²) >= 11 is 0. The maximum Gasteiger partial charge on any atom is 0.160 e. The van der Waals surface area contributed by atoms with Gasteiger partial charge >= 0.3 is 0 Å². The molecule has 1 unspecified atom stereocenters. The number of hydrogen-bond donors (Lipinski definition) is 1. The average molecular weight is 208 g/mol. The SMILES string of the molecule is Cn1ncnc1CC(=O)C(C)(N)C1CC1. The van der Waals surface area contributed by atoms with Crippen molar-refractivity contribution in [3.05, 3.63) is 12.2 Å². The van der Waals surface area contributed by atoms with Gasteiger partial charge in [-0.25, -0.2) is 4.98 Å². The van der Waals surface area contributed by atoms with Gasteiger partial charge in [-0.2, -0.15) is 5.10 Å². The van der Waals surface area contributed by atoms with Crippen LogP contribution >= 0.6 is 0 Å². The number of ketones is 1. The molecular weight excluding hydrogens is 192 g/mol. The van der Waals surface area contributed by atoms with Crippen LogP contribution in [0.25, 0.3) is 0 Å². The quantitative estimate of drug-likeness (QED) is 0.759. The smallest absolute Gasteiger partial charge is 0.160 e. The van der Waals surface area contributed by atoms with E-state index in [1.54, 1.807) is 11.7 Å². The maximum absolute atomic E-state index is 12.0. The zero-order valence-corrected chi connectivity index (χ0v) is 9.10. The highest BCUT2D eigenvalue weighted by Gasteiger charge is 2.43. The van der Waals surface area contributed by atoms with E-state index in [9.17, 15) is 4.79 Å². The van der Waals surface area contributed by atoms with E-state index < -0.39 is 5.54 Å². The fourth-order valence-corrected chi connectivity index (χ4v) is 1.72. The van der Waals surface area contributed by atoms with Crippen LogP contribution in [0.2, 0.25) is 0 Å². The Morgan fingerprint density at radius 1 is 1.73 bits per heavy atom. The Balaban J connectivity index is 2.06. The lowest BCUT2D eigenvalue weighted by Gasteiger charge is -2.22. The minimum Gasteiger partial charge on any atom is -0.319 e. The molecule has 15 heavy (non-hydrogen) atoms. The van der Waals surface area contributed by atoms with Crippen LogP contribution in [0.5, 0.6) is 0 Å². The third-order valence-electron chi connectivity index (χ3n) is 3.15. The number of Topliss-reactive ketones (excluding diaryl/α,β-unsaturated/α-hetero) is 1. The second-order valence-electron chi connectivity index (χ2n) is 4.46. The van der Waals surface area contributed by atoms with Gasteiger partial charge in [0.15, 0.2) is 5.78 Å². The van der Waals surface area contributed by atoms with E-state index in [1.165, 1.54) is 6.33 Å². The summed E-state index contributed by atoms with van der Waals surface area (Å²) in [6.45, 7) is 1.82. The summed E-state index contributed by atoms with van der Waals surface area (Å²) in [6.07, 6.45) is 3.86. The van der Waals surface area contributed by atoms with Gasteiger partial charge in [-0.1, -0.05) is 0 Å². The Kier molecular flexibility index (Phi) is 2.34. The summed E-state index contributed by atoms with van der Waals surface area (Å²) in [5.74, 6) is 1.09. The van der Waals surface area contributed by atoms with E-state index in [1.807, 2.05) is 6.92 Å². The number of nitrogens with two attached hydrogens (primary N) is 1. The highest BCUT2D eigenvalue weighted by Crippen LogP contribution is 2.38. The number of nitrogens with zero attached hydrogens (tertiary/aromatic N) is 3. The minimum absolute atomic E-state index is 0.0566. The number of hydrogen-bond acceptors (Lipinski definition) is 4. The summed E-state index contributed by atoms with van der Waals surface area (Å²) in [5, 5.41) is 3.92. The standard InChI is InChI=1S/C10H16N4O/c1-10(11,7-3-4-7)8(15)5-9-12-6-13-14(9)2/h6-7H,3-5,11H2,1-2H3. The van der Waals surface area contributed by atoms with Gasteiger partial charge < -0.3 is 5.73 Å². The van der Waals surface area contributed by atoms with E-state index in [0.717, 1.165) is 12.8 Å². The second kappa shape index (κ2) is 3.41. The molecule has 0 amide bonds. The number of aromatic nitrogens is 3. The van der Waals surface area contributed by atoms with Gasteiger partial charge in [0.05, 0.1) is 12.0 Å². The van der Waals surface area contributed by atoms with Crippen LogP contribution < -0.4 is 5.73 Å². The van der Waals surface area contributed by atoms with Gasteiger partial charge in [0, 0.05) is 7.05 Å². The lowest BCUT2D eigenvalue weighted by molar-refractivity contribution is -0.123. The van der Waals surface area contributed by atoms with Crippen molar-refractivity contribution in [2.45, 2.75) is 31.7 Å². The summed E-state index contributed by atoms with van der Waals surface area (Å²) < 4.78 is 1.61. The molecule has 82 valence electrons. The van der Waals surface area contributed by atoms with Crippen molar-refractivity contribution in [1.29, 1.82) is 0 Å². The van der Waals surface area contributed by atoms with Crippen molar-refractivity contribution in [1.82, 2.24) is 14.8 Å². The molecular formula is C10H16N4O. The van der Waals surface area contributed by atoms with Crippen molar-refractivity contribution in [3.8, 4) is 0 Å². The fourth-order valence-electron chi connectivity index (χ4n) is 1.72. The molecule has 0 aromatic carbocycles. The van der Waals surface area contributed by atoms with Gasteiger partial charge in [-0.3, -0.25) is 9.48 Å². The molecule has 1 aromatic heterocycles. The van der Waals surface area contributed by atoms with Crippen LogP contribution in [0.1, 0.15) is 25.6 Å². The number of aryl methyl sites for hydroxylation is 1. The Hall–Kier alpha value is -1.23. The molecule has 1 atom stereocenters. The topological polar surface area (TPSA) is 73.8 Å². The van der Waals surface area contributed by atoms with Crippen molar-refractivity contribution >= 4 is 5.78 Å². The van der Waals surface area contributed by atoms with Crippen molar-refractivity contribution in [2.24, 2.45) is 18.7 Å². The van der Waals surface area contributed by atoms with Gasteiger partial charge in [0.1, 0.15) is 12.2 Å². The normalized spacial score (nSPS) is 19.9. The Bertz CT molecular complexity index is 379. The number of carbonyl (C=O) groups is 1. The summed E-state index contributed by atoms with van der Waals surface area (Å²) in [5.41, 5.74) is 5.34. The van der Waals surface area contributed by atoms with Crippen LogP contribution in [0.15, 0.2) is 6.33 Å². The molecule has 1 fully saturated rings. The fraction of sp³-hybridized carbons (Fsp3) is 0.700. The van der Waals surface area contributed by atoms with Crippen molar-refractivity contribution in [2.75, 3.05) is 0 Å². The first-order chi connectivity index (χ1) is 7.01. The Morgan fingerprint density at radius 3 is 2.87 bits per heavy atom. The Morgan fingerprint density at radius 2 is 2.40 bits per heavy atom. The monoisotopic (exact) mass is 208 g/mol. The molecule has 1 aromatic rings. The van der Waals surface area contributed by atoms with Crippen LogP contribution in [0.3, 0.4) is 0 Å². The highest BCUT2D eigenvalue weighted by molar-refractivity contribution is 5.89. The minimum atomic E-state index is -0.689. The molecule has 0 saturated heterocycles. The average Bonchev–Trinajstić information content (AvgIpc) is 2.94. The van der Waals surface area contributed by atoms with Crippen molar-refractivity contribution in [3.63, 3.8) is 0 Å². The zero-order chi connectivity index (χ0) is 11.1. The molecule has 1 saturated carbocycles. The molecule has 5 heteroatoms. The molecule has 0 aliphatic heterocycles. The predicted octanol–water partition coefficient (Wildman–Crippen LogP) is 0.0541. The first-order valence-corrected chi connectivity index (χ1v) is 5.17. The van der Waals surface area contributed by atoms with E-state index in [-0.39, 0.29) is 12.2 Å². The largest absolute Gasteiger partial charge is 0.319 e. The zero-order valence-electron chi connectivity index (χ0n) is 9.10. The van der Waals surface area contributed by atoms with Crippen LogP contribution in [0.4, 0.5) is 0 Å². The molecule has 2 N–H and O–H groups in total. The second-order valence-corrected chi connectivity index (χ2v) is 4.46.